The van der Waals surface area contributed by atoms with Crippen molar-refractivity contribution in [1.29, 1.82) is 0 Å². The van der Waals surface area contributed by atoms with Gasteiger partial charge in [-0.15, -0.1) is 0 Å². The van der Waals surface area contributed by atoms with Crippen LogP contribution in [0.4, 0.5) is 11.4 Å². The van der Waals surface area contributed by atoms with Crippen molar-refractivity contribution >= 4 is 29.2 Å². The fourth-order valence-electron chi connectivity index (χ4n) is 2.86. The largest absolute Gasteiger partial charge is 0.481 e. The minimum absolute atomic E-state index is 0.0757. The average molecular weight is 318 g/mol. The van der Waals surface area contributed by atoms with Crippen molar-refractivity contribution in [3.05, 3.63) is 24.3 Å². The summed E-state index contributed by atoms with van der Waals surface area (Å²) in [6, 6.07) is 6.81. The van der Waals surface area contributed by atoms with Crippen molar-refractivity contribution in [3.8, 4) is 0 Å². The molecule has 2 amide bonds. The van der Waals surface area contributed by atoms with Gasteiger partial charge in [0.25, 0.3) is 0 Å². The first kappa shape index (κ1) is 17.0. The molecular formula is C17H22N2O4. The molecule has 0 radical (unpaired) electrons. The smallest absolute Gasteiger partial charge is 0.307 e. The number of anilines is 2. The Morgan fingerprint density at radius 2 is 1.52 bits per heavy atom. The molecule has 3 N–H and O–H groups in total. The van der Waals surface area contributed by atoms with E-state index in [0.717, 1.165) is 12.8 Å². The number of carboxylic acids is 1. The van der Waals surface area contributed by atoms with Gasteiger partial charge in [0.2, 0.25) is 11.8 Å². The van der Waals surface area contributed by atoms with E-state index in [2.05, 4.69) is 10.6 Å². The van der Waals surface area contributed by atoms with Gasteiger partial charge in [0.1, 0.15) is 0 Å². The third-order valence-electron chi connectivity index (χ3n) is 4.18. The maximum Gasteiger partial charge on any atom is 0.307 e. The standard InChI is InChI=1S/C17H22N2O4/c1-2-15(20)18-11-7-9-12(10-8-11)19-16(21)13-5-3-4-6-14(13)17(22)23/h7-10,13-14H,2-6H2,1H3,(H,18,20)(H,19,21)(H,22,23). The Morgan fingerprint density at radius 3 is 2.04 bits per heavy atom. The molecule has 6 nitrogen and oxygen atoms in total. The molecule has 0 saturated heterocycles. The lowest BCUT2D eigenvalue weighted by molar-refractivity contribution is -0.147. The molecule has 0 bridgehead atoms. The van der Waals surface area contributed by atoms with E-state index >= 15 is 0 Å². The maximum atomic E-state index is 12.3. The van der Waals surface area contributed by atoms with Gasteiger partial charge in [-0.1, -0.05) is 19.8 Å². The van der Waals surface area contributed by atoms with Crippen molar-refractivity contribution in [2.75, 3.05) is 10.6 Å². The van der Waals surface area contributed by atoms with E-state index in [1.807, 2.05) is 0 Å². The quantitative estimate of drug-likeness (QED) is 0.778. The number of rotatable bonds is 5. The van der Waals surface area contributed by atoms with Crippen molar-refractivity contribution in [1.82, 2.24) is 0 Å². The molecule has 1 aromatic rings. The van der Waals surface area contributed by atoms with Gasteiger partial charge in [0.15, 0.2) is 0 Å². The second kappa shape index (κ2) is 7.76. The molecule has 0 heterocycles. The molecule has 0 aromatic heterocycles. The Hall–Kier alpha value is -2.37. The molecule has 0 spiro atoms. The molecule has 2 atom stereocenters. The monoisotopic (exact) mass is 318 g/mol. The van der Waals surface area contributed by atoms with Gasteiger partial charge in [0, 0.05) is 17.8 Å². The highest BCUT2D eigenvalue weighted by Gasteiger charge is 2.35. The number of hydrogen-bond acceptors (Lipinski definition) is 3. The zero-order valence-electron chi connectivity index (χ0n) is 13.2. The molecule has 0 aliphatic heterocycles. The molecule has 1 fully saturated rings. The predicted molar refractivity (Wildman–Crippen MR) is 87.1 cm³/mol. The fraction of sp³-hybridized carbons (Fsp3) is 0.471. The van der Waals surface area contributed by atoms with Crippen molar-refractivity contribution in [3.63, 3.8) is 0 Å². The van der Waals surface area contributed by atoms with Crippen molar-refractivity contribution in [2.24, 2.45) is 11.8 Å². The minimum atomic E-state index is -0.900. The molecule has 1 saturated carbocycles. The molecule has 6 heteroatoms. The van der Waals surface area contributed by atoms with Gasteiger partial charge >= 0.3 is 5.97 Å². The normalized spacial score (nSPS) is 20.6. The van der Waals surface area contributed by atoms with E-state index in [1.54, 1.807) is 31.2 Å². The highest BCUT2D eigenvalue weighted by Crippen LogP contribution is 2.31. The number of benzene rings is 1. The van der Waals surface area contributed by atoms with Gasteiger partial charge < -0.3 is 15.7 Å². The Morgan fingerprint density at radius 1 is 1.00 bits per heavy atom. The summed E-state index contributed by atoms with van der Waals surface area (Å²) in [6.45, 7) is 1.77. The van der Waals surface area contributed by atoms with Crippen molar-refractivity contribution < 1.29 is 19.5 Å². The van der Waals surface area contributed by atoms with Crippen LogP contribution in [-0.4, -0.2) is 22.9 Å². The number of aliphatic carboxylic acids is 1. The summed E-state index contributed by atoms with van der Waals surface area (Å²) in [7, 11) is 0. The van der Waals surface area contributed by atoms with E-state index in [4.69, 9.17) is 0 Å². The molecule has 23 heavy (non-hydrogen) atoms. The molecule has 124 valence electrons. The maximum absolute atomic E-state index is 12.3. The van der Waals surface area contributed by atoms with Gasteiger partial charge in [-0.25, -0.2) is 0 Å². The van der Waals surface area contributed by atoms with E-state index < -0.39 is 17.8 Å². The lowest BCUT2D eigenvalue weighted by atomic mass is 9.78. The number of nitrogens with one attached hydrogen (secondary N) is 2. The van der Waals surface area contributed by atoms with Crippen molar-refractivity contribution in [2.45, 2.75) is 39.0 Å². The number of carbonyl (C=O) groups is 3. The lowest BCUT2D eigenvalue weighted by Gasteiger charge is -2.27. The SMILES string of the molecule is CCC(=O)Nc1ccc(NC(=O)C2CCCCC2C(=O)O)cc1. The Labute approximate surface area is 135 Å². The number of hydrogen-bond donors (Lipinski definition) is 3. The first-order chi connectivity index (χ1) is 11.0. The summed E-state index contributed by atoms with van der Waals surface area (Å²) in [6.07, 6.45) is 3.29. The summed E-state index contributed by atoms with van der Waals surface area (Å²) in [5.41, 5.74) is 1.26. The van der Waals surface area contributed by atoms with Crippen LogP contribution >= 0.6 is 0 Å². The van der Waals surface area contributed by atoms with Crippen LogP contribution in [0.25, 0.3) is 0 Å². The van der Waals surface area contributed by atoms with Gasteiger partial charge in [0.05, 0.1) is 11.8 Å². The third kappa shape index (κ3) is 4.55. The summed E-state index contributed by atoms with van der Waals surface area (Å²) in [5.74, 6) is -2.31. The second-order valence-corrected chi connectivity index (χ2v) is 5.80. The zero-order valence-corrected chi connectivity index (χ0v) is 13.2. The molecule has 2 unspecified atom stereocenters. The minimum Gasteiger partial charge on any atom is -0.481 e. The van der Waals surface area contributed by atoms with Gasteiger partial charge in [-0.2, -0.15) is 0 Å². The van der Waals surface area contributed by atoms with Crippen LogP contribution in [0.15, 0.2) is 24.3 Å². The van der Waals surface area contributed by atoms with Crippen LogP contribution in [0.1, 0.15) is 39.0 Å². The highest BCUT2D eigenvalue weighted by molar-refractivity contribution is 5.96. The van der Waals surface area contributed by atoms with Crippen LogP contribution in [0, 0.1) is 11.8 Å². The molecule has 2 rings (SSSR count). The summed E-state index contributed by atoms with van der Waals surface area (Å²) < 4.78 is 0. The summed E-state index contributed by atoms with van der Waals surface area (Å²) in [5, 5.41) is 14.8. The highest BCUT2D eigenvalue weighted by atomic mass is 16.4. The first-order valence-corrected chi connectivity index (χ1v) is 7.95. The number of carboxylic acid groups (broad SMARTS) is 1. The Kier molecular flexibility index (Phi) is 5.73. The van der Waals surface area contributed by atoms with Crippen LogP contribution in [0.3, 0.4) is 0 Å². The number of amides is 2. The Bertz CT molecular complexity index is 583. The topological polar surface area (TPSA) is 95.5 Å². The van der Waals surface area contributed by atoms with E-state index in [1.165, 1.54) is 0 Å². The molecular weight excluding hydrogens is 296 g/mol. The van der Waals surface area contributed by atoms with Crippen LogP contribution in [0.2, 0.25) is 0 Å². The predicted octanol–water partition coefficient (Wildman–Crippen LogP) is 2.86. The average Bonchev–Trinajstić information content (AvgIpc) is 2.56. The van der Waals surface area contributed by atoms with Crippen LogP contribution < -0.4 is 10.6 Å². The van der Waals surface area contributed by atoms with E-state index in [0.29, 0.717) is 30.6 Å². The van der Waals surface area contributed by atoms with E-state index in [-0.39, 0.29) is 11.8 Å². The van der Waals surface area contributed by atoms with Crippen LogP contribution in [0.5, 0.6) is 0 Å². The number of carbonyl (C=O) groups excluding carboxylic acids is 2. The lowest BCUT2D eigenvalue weighted by Crippen LogP contribution is -2.36. The van der Waals surface area contributed by atoms with E-state index in [9.17, 15) is 19.5 Å². The zero-order chi connectivity index (χ0) is 16.8. The molecule has 1 aliphatic carbocycles. The second-order valence-electron chi connectivity index (χ2n) is 5.80. The Balaban J connectivity index is 1.99. The van der Waals surface area contributed by atoms with Gasteiger partial charge in [-0.05, 0) is 37.1 Å². The van der Waals surface area contributed by atoms with Gasteiger partial charge in [-0.3, -0.25) is 14.4 Å². The fourth-order valence-corrected chi connectivity index (χ4v) is 2.86. The summed E-state index contributed by atoms with van der Waals surface area (Å²) in [4.78, 5) is 34.9. The molecule has 1 aromatic carbocycles. The summed E-state index contributed by atoms with van der Waals surface area (Å²) >= 11 is 0. The molecule has 1 aliphatic rings. The van der Waals surface area contributed by atoms with Crippen LogP contribution in [-0.2, 0) is 14.4 Å². The third-order valence-corrected chi connectivity index (χ3v) is 4.18. The first-order valence-electron chi connectivity index (χ1n) is 7.95.